The van der Waals surface area contributed by atoms with Crippen molar-refractivity contribution in [1.82, 2.24) is 10.9 Å². The van der Waals surface area contributed by atoms with Crippen LogP contribution in [0, 0.1) is 0 Å². The molecule has 0 fully saturated rings. The summed E-state index contributed by atoms with van der Waals surface area (Å²) in [7, 11) is 0. The molecule has 22 heavy (non-hydrogen) atoms. The Kier molecular flexibility index (Phi) is 6.26. The summed E-state index contributed by atoms with van der Waals surface area (Å²) in [6.07, 6.45) is 0.625. The van der Waals surface area contributed by atoms with Gasteiger partial charge in [-0.05, 0) is 46.1 Å². The lowest BCUT2D eigenvalue weighted by Crippen LogP contribution is -2.41. The van der Waals surface area contributed by atoms with E-state index in [-0.39, 0.29) is 18.2 Å². The van der Waals surface area contributed by atoms with Crippen molar-refractivity contribution in [2.45, 2.75) is 12.8 Å². The summed E-state index contributed by atoms with van der Waals surface area (Å²) < 4.78 is 0.847. The third kappa shape index (κ3) is 4.71. The van der Waals surface area contributed by atoms with Crippen LogP contribution in [0.2, 0.25) is 10.0 Å². The maximum Gasteiger partial charge on any atom is 0.279 e. The van der Waals surface area contributed by atoms with Crippen molar-refractivity contribution >= 4 is 62.3 Å². The van der Waals surface area contributed by atoms with Gasteiger partial charge in [0.2, 0.25) is 5.91 Å². The second-order valence-corrected chi connectivity index (χ2v) is 7.57. The molecule has 0 saturated carbocycles. The molecule has 0 bridgehead atoms. The second-order valence-electron chi connectivity index (χ2n) is 4.32. The van der Waals surface area contributed by atoms with E-state index in [0.717, 1.165) is 9.35 Å². The van der Waals surface area contributed by atoms with Crippen LogP contribution in [0.3, 0.4) is 0 Å². The normalized spacial score (nSPS) is 10.3. The maximum absolute atomic E-state index is 11.8. The highest BCUT2D eigenvalue weighted by Gasteiger charge is 2.11. The fourth-order valence-electron chi connectivity index (χ4n) is 1.68. The Morgan fingerprint density at radius 1 is 1.14 bits per heavy atom. The van der Waals surface area contributed by atoms with Gasteiger partial charge in [-0.25, -0.2) is 0 Å². The first-order valence-corrected chi connectivity index (χ1v) is 8.61. The van der Waals surface area contributed by atoms with Crippen molar-refractivity contribution in [2.24, 2.45) is 0 Å². The summed E-state index contributed by atoms with van der Waals surface area (Å²) in [5.74, 6) is -0.662. The van der Waals surface area contributed by atoms with Crippen molar-refractivity contribution in [2.75, 3.05) is 0 Å². The Labute approximate surface area is 149 Å². The number of halogens is 3. The van der Waals surface area contributed by atoms with Crippen molar-refractivity contribution in [3.8, 4) is 0 Å². The van der Waals surface area contributed by atoms with Crippen LogP contribution in [0.4, 0.5) is 0 Å². The van der Waals surface area contributed by atoms with Gasteiger partial charge in [0.05, 0.1) is 18.7 Å². The van der Waals surface area contributed by atoms with Crippen LogP contribution < -0.4 is 10.9 Å². The van der Waals surface area contributed by atoms with Crippen LogP contribution in [0.1, 0.15) is 21.7 Å². The van der Waals surface area contributed by atoms with E-state index in [4.69, 9.17) is 23.2 Å². The maximum atomic E-state index is 11.8. The summed E-state index contributed by atoms with van der Waals surface area (Å²) in [6, 6.07) is 8.71. The number of amides is 2. The molecule has 0 unspecified atom stereocenters. The highest BCUT2D eigenvalue weighted by Crippen LogP contribution is 2.26. The summed E-state index contributed by atoms with van der Waals surface area (Å²) in [6.45, 7) is 0. The summed E-state index contributed by atoms with van der Waals surface area (Å²) in [5, 5.41) is 0.903. The summed E-state index contributed by atoms with van der Waals surface area (Å²) in [4.78, 5) is 24.0. The Bertz CT molecular complexity index is 706. The van der Waals surface area contributed by atoms with Crippen LogP contribution in [-0.2, 0) is 11.2 Å². The highest BCUT2D eigenvalue weighted by molar-refractivity contribution is 9.11. The van der Waals surface area contributed by atoms with Gasteiger partial charge in [0.15, 0.2) is 0 Å². The first-order chi connectivity index (χ1) is 10.5. The van der Waals surface area contributed by atoms with Crippen LogP contribution in [0.25, 0.3) is 0 Å². The lowest BCUT2D eigenvalue weighted by atomic mass is 10.1. The molecule has 116 valence electrons. The van der Waals surface area contributed by atoms with Gasteiger partial charge < -0.3 is 0 Å². The molecule has 0 atom stereocenters. The summed E-state index contributed by atoms with van der Waals surface area (Å²) in [5.41, 5.74) is 5.53. The average Bonchev–Trinajstić information content (AvgIpc) is 2.93. The van der Waals surface area contributed by atoms with Crippen LogP contribution in [0.5, 0.6) is 0 Å². The van der Waals surface area contributed by atoms with Crippen LogP contribution in [0.15, 0.2) is 34.1 Å². The highest BCUT2D eigenvalue weighted by atomic mass is 79.9. The molecule has 4 nitrogen and oxygen atoms in total. The SMILES string of the molecule is O=C(CCc1cccc(Cl)c1Cl)NNC(=O)c1ccc(Br)s1. The number of rotatable bonds is 4. The molecule has 8 heteroatoms. The number of thiophene rings is 1. The molecular formula is C14H11BrCl2N2O2S. The molecule has 1 aromatic carbocycles. The van der Waals surface area contributed by atoms with Crippen LogP contribution in [-0.4, -0.2) is 11.8 Å². The lowest BCUT2D eigenvalue weighted by molar-refractivity contribution is -0.121. The largest absolute Gasteiger partial charge is 0.279 e. The van der Waals surface area contributed by atoms with Crippen molar-refractivity contribution < 1.29 is 9.59 Å². The van der Waals surface area contributed by atoms with Gasteiger partial charge in [0, 0.05) is 6.42 Å². The molecular weight excluding hydrogens is 411 g/mol. The average molecular weight is 422 g/mol. The number of nitrogens with one attached hydrogen (secondary N) is 2. The van der Waals surface area contributed by atoms with Crippen molar-refractivity contribution in [3.63, 3.8) is 0 Å². The van der Waals surface area contributed by atoms with E-state index in [9.17, 15) is 9.59 Å². The monoisotopic (exact) mass is 420 g/mol. The molecule has 0 aliphatic heterocycles. The van der Waals surface area contributed by atoms with Gasteiger partial charge in [-0.3, -0.25) is 20.4 Å². The van der Waals surface area contributed by atoms with Gasteiger partial charge in [-0.15, -0.1) is 11.3 Å². The minimum atomic E-state index is -0.357. The summed E-state index contributed by atoms with van der Waals surface area (Å²) >= 11 is 16.5. The minimum Gasteiger partial charge on any atom is -0.273 e. The first-order valence-electron chi connectivity index (χ1n) is 6.25. The topological polar surface area (TPSA) is 58.2 Å². The zero-order valence-electron chi connectivity index (χ0n) is 11.2. The molecule has 0 spiro atoms. The Hall–Kier alpha value is -1.08. The van der Waals surface area contributed by atoms with E-state index in [2.05, 4.69) is 26.8 Å². The fraction of sp³-hybridized carbons (Fsp3) is 0.143. The number of hydrogen-bond acceptors (Lipinski definition) is 3. The van der Waals surface area contributed by atoms with E-state index >= 15 is 0 Å². The van der Waals surface area contributed by atoms with E-state index in [1.807, 2.05) is 6.07 Å². The molecule has 1 heterocycles. The number of hydrazine groups is 1. The lowest BCUT2D eigenvalue weighted by Gasteiger charge is -2.07. The molecule has 2 rings (SSSR count). The quantitative estimate of drug-likeness (QED) is 0.726. The Morgan fingerprint density at radius 3 is 2.59 bits per heavy atom. The van der Waals surface area contributed by atoms with E-state index in [1.54, 1.807) is 24.3 Å². The number of aryl methyl sites for hydroxylation is 1. The first kappa shape index (κ1) is 17.3. The molecule has 1 aromatic heterocycles. The molecule has 2 amide bonds. The van der Waals surface area contributed by atoms with E-state index in [1.165, 1.54) is 11.3 Å². The van der Waals surface area contributed by atoms with Gasteiger partial charge in [-0.2, -0.15) is 0 Å². The fourth-order valence-corrected chi connectivity index (χ4v) is 3.37. The predicted octanol–water partition coefficient (Wildman–Crippen LogP) is 4.21. The van der Waals surface area contributed by atoms with Crippen LogP contribution >= 0.6 is 50.5 Å². The van der Waals surface area contributed by atoms with Gasteiger partial charge in [0.25, 0.3) is 5.91 Å². The van der Waals surface area contributed by atoms with Crippen molar-refractivity contribution in [1.29, 1.82) is 0 Å². The number of carbonyl (C=O) groups excluding carboxylic acids is 2. The molecule has 2 aromatic rings. The Morgan fingerprint density at radius 2 is 1.91 bits per heavy atom. The van der Waals surface area contributed by atoms with Gasteiger partial charge in [-0.1, -0.05) is 35.3 Å². The molecule has 0 aliphatic rings. The number of benzene rings is 1. The standard InChI is InChI=1S/C14H11BrCl2N2O2S/c15-11-6-5-10(22-11)14(21)19-18-12(20)7-4-8-2-1-3-9(16)13(8)17/h1-3,5-6H,4,7H2,(H,18,20)(H,19,21). The minimum absolute atomic E-state index is 0.189. The number of carbonyl (C=O) groups is 2. The number of hydrogen-bond donors (Lipinski definition) is 2. The molecule has 0 saturated heterocycles. The second kappa shape index (κ2) is 7.97. The van der Waals surface area contributed by atoms with E-state index in [0.29, 0.717) is 21.3 Å². The Balaban J connectivity index is 1.81. The van der Waals surface area contributed by atoms with Crippen molar-refractivity contribution in [3.05, 3.63) is 54.6 Å². The third-order valence-electron chi connectivity index (χ3n) is 2.77. The predicted molar refractivity (Wildman–Crippen MR) is 92.4 cm³/mol. The molecule has 2 N–H and O–H groups in total. The third-order valence-corrected chi connectivity index (χ3v) is 5.25. The molecule has 0 aliphatic carbocycles. The zero-order chi connectivity index (χ0) is 16.1. The van der Waals surface area contributed by atoms with Gasteiger partial charge in [0.1, 0.15) is 0 Å². The molecule has 0 radical (unpaired) electrons. The van der Waals surface area contributed by atoms with Gasteiger partial charge >= 0.3 is 0 Å². The van der Waals surface area contributed by atoms with E-state index < -0.39 is 0 Å². The smallest absolute Gasteiger partial charge is 0.273 e. The zero-order valence-corrected chi connectivity index (χ0v) is 15.1.